The Kier molecular flexibility index (Phi) is 3.48. The molecule has 0 aromatic heterocycles. The van der Waals surface area contributed by atoms with Crippen LogP contribution in [-0.2, 0) is 0 Å². The van der Waals surface area contributed by atoms with Crippen LogP contribution in [-0.4, -0.2) is 36.5 Å². The zero-order valence-electron chi connectivity index (χ0n) is 10.8. The SMILES string of the molecule is Cc1cccc(C)c1C(=O)N1CCNC(C)C1. The number of rotatable bonds is 1. The molecular formula is C14H20N2O. The molecule has 17 heavy (non-hydrogen) atoms. The summed E-state index contributed by atoms with van der Waals surface area (Å²) in [6.45, 7) is 8.61. The van der Waals surface area contributed by atoms with Crippen LogP contribution in [0.2, 0.25) is 0 Å². The number of benzene rings is 1. The van der Waals surface area contributed by atoms with Gasteiger partial charge in [-0.3, -0.25) is 4.79 Å². The molecule has 3 nitrogen and oxygen atoms in total. The smallest absolute Gasteiger partial charge is 0.254 e. The summed E-state index contributed by atoms with van der Waals surface area (Å²) in [5.74, 6) is 0.175. The molecule has 1 aliphatic rings. The Morgan fingerprint density at radius 2 is 2.00 bits per heavy atom. The van der Waals surface area contributed by atoms with E-state index in [9.17, 15) is 4.79 Å². The zero-order chi connectivity index (χ0) is 12.4. The van der Waals surface area contributed by atoms with Crippen molar-refractivity contribution in [2.45, 2.75) is 26.8 Å². The van der Waals surface area contributed by atoms with Crippen LogP contribution in [0.15, 0.2) is 18.2 Å². The number of piperazine rings is 1. The Bertz CT molecular complexity index is 408. The van der Waals surface area contributed by atoms with Crippen molar-refractivity contribution in [3.8, 4) is 0 Å². The number of hydrogen-bond donors (Lipinski definition) is 1. The topological polar surface area (TPSA) is 32.3 Å². The number of carbonyl (C=O) groups is 1. The summed E-state index contributed by atoms with van der Waals surface area (Å²) in [7, 11) is 0. The molecular weight excluding hydrogens is 212 g/mol. The van der Waals surface area contributed by atoms with Gasteiger partial charge in [0.2, 0.25) is 0 Å². The molecule has 1 aliphatic heterocycles. The first-order valence-electron chi connectivity index (χ1n) is 6.18. The van der Waals surface area contributed by atoms with E-state index in [0.29, 0.717) is 6.04 Å². The maximum Gasteiger partial charge on any atom is 0.254 e. The minimum Gasteiger partial charge on any atom is -0.336 e. The van der Waals surface area contributed by atoms with E-state index in [4.69, 9.17) is 0 Å². The number of amides is 1. The molecule has 1 N–H and O–H groups in total. The van der Waals surface area contributed by atoms with E-state index in [1.165, 1.54) is 0 Å². The Morgan fingerprint density at radius 3 is 2.59 bits per heavy atom. The number of carbonyl (C=O) groups excluding carboxylic acids is 1. The fourth-order valence-electron chi connectivity index (χ4n) is 2.43. The Labute approximate surface area is 103 Å². The lowest BCUT2D eigenvalue weighted by atomic mass is 10.0. The molecule has 1 heterocycles. The number of aryl methyl sites for hydroxylation is 2. The second-order valence-electron chi connectivity index (χ2n) is 4.87. The normalized spacial score (nSPS) is 20.4. The fourth-order valence-corrected chi connectivity index (χ4v) is 2.43. The van der Waals surface area contributed by atoms with E-state index in [2.05, 4.69) is 12.2 Å². The van der Waals surface area contributed by atoms with Crippen molar-refractivity contribution in [3.05, 3.63) is 34.9 Å². The average molecular weight is 232 g/mol. The summed E-state index contributed by atoms with van der Waals surface area (Å²) < 4.78 is 0. The first-order chi connectivity index (χ1) is 8.09. The highest BCUT2D eigenvalue weighted by atomic mass is 16.2. The average Bonchev–Trinajstić information content (AvgIpc) is 2.28. The van der Waals surface area contributed by atoms with Crippen LogP contribution in [0.25, 0.3) is 0 Å². The van der Waals surface area contributed by atoms with Crippen LogP contribution >= 0.6 is 0 Å². The summed E-state index contributed by atoms with van der Waals surface area (Å²) in [4.78, 5) is 14.4. The molecule has 2 rings (SSSR count). The zero-order valence-corrected chi connectivity index (χ0v) is 10.8. The van der Waals surface area contributed by atoms with Crippen molar-refractivity contribution >= 4 is 5.91 Å². The van der Waals surface area contributed by atoms with Crippen LogP contribution in [0.4, 0.5) is 0 Å². The lowest BCUT2D eigenvalue weighted by Crippen LogP contribution is -2.51. The third kappa shape index (κ3) is 2.50. The van der Waals surface area contributed by atoms with Gasteiger partial charge in [0.05, 0.1) is 0 Å². The van der Waals surface area contributed by atoms with E-state index in [0.717, 1.165) is 36.3 Å². The molecule has 92 valence electrons. The van der Waals surface area contributed by atoms with Gasteiger partial charge >= 0.3 is 0 Å². The van der Waals surface area contributed by atoms with Gasteiger partial charge < -0.3 is 10.2 Å². The lowest BCUT2D eigenvalue weighted by Gasteiger charge is -2.32. The molecule has 1 unspecified atom stereocenters. The first kappa shape index (κ1) is 12.1. The number of hydrogen-bond acceptors (Lipinski definition) is 2. The molecule has 1 aromatic rings. The van der Waals surface area contributed by atoms with E-state index < -0.39 is 0 Å². The van der Waals surface area contributed by atoms with Crippen LogP contribution in [0.3, 0.4) is 0 Å². The number of nitrogens with one attached hydrogen (secondary N) is 1. The Hall–Kier alpha value is -1.35. The van der Waals surface area contributed by atoms with Crippen molar-refractivity contribution in [1.82, 2.24) is 10.2 Å². The van der Waals surface area contributed by atoms with E-state index in [1.807, 2.05) is 36.9 Å². The predicted molar refractivity (Wildman–Crippen MR) is 69.3 cm³/mol. The molecule has 1 atom stereocenters. The first-order valence-corrected chi connectivity index (χ1v) is 6.18. The minimum absolute atomic E-state index is 0.175. The summed E-state index contributed by atoms with van der Waals surface area (Å²) in [6, 6.07) is 6.40. The van der Waals surface area contributed by atoms with E-state index in [1.54, 1.807) is 0 Å². The maximum atomic E-state index is 12.5. The standard InChI is InChI=1S/C14H20N2O/c1-10-5-4-6-11(2)13(10)14(17)16-8-7-15-12(3)9-16/h4-6,12,15H,7-9H2,1-3H3. The van der Waals surface area contributed by atoms with Crippen molar-refractivity contribution < 1.29 is 4.79 Å². The van der Waals surface area contributed by atoms with Crippen molar-refractivity contribution in [3.63, 3.8) is 0 Å². The Morgan fingerprint density at radius 1 is 1.35 bits per heavy atom. The van der Waals surface area contributed by atoms with Gasteiger partial charge in [-0.25, -0.2) is 0 Å². The molecule has 0 aliphatic carbocycles. The molecule has 1 fully saturated rings. The Balaban J connectivity index is 2.24. The van der Waals surface area contributed by atoms with E-state index >= 15 is 0 Å². The molecule has 1 saturated heterocycles. The van der Waals surface area contributed by atoms with Gasteiger partial charge in [0, 0.05) is 31.2 Å². The number of nitrogens with zero attached hydrogens (tertiary/aromatic N) is 1. The van der Waals surface area contributed by atoms with Gasteiger partial charge in [0.25, 0.3) is 5.91 Å². The van der Waals surface area contributed by atoms with E-state index in [-0.39, 0.29) is 5.91 Å². The summed E-state index contributed by atoms with van der Waals surface area (Å²) in [5, 5.41) is 3.35. The van der Waals surface area contributed by atoms with Gasteiger partial charge in [-0.2, -0.15) is 0 Å². The lowest BCUT2D eigenvalue weighted by molar-refractivity contribution is 0.0707. The molecule has 3 heteroatoms. The van der Waals surface area contributed by atoms with Crippen molar-refractivity contribution in [1.29, 1.82) is 0 Å². The summed E-state index contributed by atoms with van der Waals surface area (Å²) in [5.41, 5.74) is 3.02. The van der Waals surface area contributed by atoms with Gasteiger partial charge in [-0.1, -0.05) is 18.2 Å². The van der Waals surface area contributed by atoms with Crippen LogP contribution < -0.4 is 5.32 Å². The second-order valence-corrected chi connectivity index (χ2v) is 4.87. The maximum absolute atomic E-state index is 12.5. The molecule has 0 saturated carbocycles. The molecule has 0 bridgehead atoms. The second kappa shape index (κ2) is 4.88. The van der Waals surface area contributed by atoms with Gasteiger partial charge in [-0.05, 0) is 31.9 Å². The van der Waals surface area contributed by atoms with Gasteiger partial charge in [0.15, 0.2) is 0 Å². The van der Waals surface area contributed by atoms with Crippen molar-refractivity contribution in [2.75, 3.05) is 19.6 Å². The van der Waals surface area contributed by atoms with Crippen LogP contribution in [0.5, 0.6) is 0 Å². The summed E-state index contributed by atoms with van der Waals surface area (Å²) in [6.07, 6.45) is 0. The van der Waals surface area contributed by atoms with Gasteiger partial charge in [-0.15, -0.1) is 0 Å². The minimum atomic E-state index is 0.175. The molecule has 1 aromatic carbocycles. The highest BCUT2D eigenvalue weighted by Gasteiger charge is 2.23. The third-order valence-corrected chi connectivity index (χ3v) is 3.35. The highest BCUT2D eigenvalue weighted by molar-refractivity contribution is 5.97. The van der Waals surface area contributed by atoms with Gasteiger partial charge in [0.1, 0.15) is 0 Å². The van der Waals surface area contributed by atoms with Crippen LogP contribution in [0, 0.1) is 13.8 Å². The summed E-state index contributed by atoms with van der Waals surface area (Å²) >= 11 is 0. The molecule has 0 radical (unpaired) electrons. The highest BCUT2D eigenvalue weighted by Crippen LogP contribution is 2.16. The van der Waals surface area contributed by atoms with Crippen LogP contribution in [0.1, 0.15) is 28.4 Å². The largest absolute Gasteiger partial charge is 0.336 e. The fraction of sp³-hybridized carbons (Fsp3) is 0.500. The van der Waals surface area contributed by atoms with Crippen molar-refractivity contribution in [2.24, 2.45) is 0 Å². The predicted octanol–water partition coefficient (Wildman–Crippen LogP) is 1.74. The monoisotopic (exact) mass is 232 g/mol. The molecule has 0 spiro atoms. The quantitative estimate of drug-likeness (QED) is 0.800. The molecule has 1 amide bonds. The third-order valence-electron chi connectivity index (χ3n) is 3.35.